The summed E-state index contributed by atoms with van der Waals surface area (Å²) in [6.07, 6.45) is 5.90. The van der Waals surface area contributed by atoms with E-state index in [1.807, 2.05) is 59.0 Å². The molecule has 3 aromatic rings. The van der Waals surface area contributed by atoms with Crippen LogP contribution in [0.15, 0.2) is 47.5 Å². The fraction of sp³-hybridized carbons (Fsp3) is 0.316. The maximum atomic E-state index is 13.2. The number of aromatic nitrogens is 3. The molecule has 1 amide bonds. The molecule has 0 N–H and O–H groups in total. The molecular formula is C19H20N4OS. The second-order valence-corrected chi connectivity index (χ2v) is 7.20. The number of carbonyl (C=O) groups is 1. The maximum Gasteiger partial charge on any atom is 0.254 e. The van der Waals surface area contributed by atoms with Gasteiger partial charge >= 0.3 is 0 Å². The number of nitrogens with zero attached hydrogens (tertiary/aromatic N) is 4. The van der Waals surface area contributed by atoms with Crippen molar-refractivity contribution in [1.82, 2.24) is 19.5 Å². The summed E-state index contributed by atoms with van der Waals surface area (Å²) in [5.41, 5.74) is 2.62. The lowest BCUT2D eigenvalue weighted by Gasteiger charge is -2.24. The first-order chi connectivity index (χ1) is 12.2. The van der Waals surface area contributed by atoms with Crippen LogP contribution in [0.25, 0.3) is 5.65 Å². The van der Waals surface area contributed by atoms with E-state index in [2.05, 4.69) is 16.3 Å². The molecule has 2 aromatic heterocycles. The number of likely N-dealkylation sites (tertiary alicyclic amines) is 1. The van der Waals surface area contributed by atoms with Crippen LogP contribution >= 0.6 is 11.8 Å². The summed E-state index contributed by atoms with van der Waals surface area (Å²) >= 11 is 1.65. The highest BCUT2D eigenvalue weighted by molar-refractivity contribution is 7.98. The molecule has 1 unspecified atom stereocenters. The van der Waals surface area contributed by atoms with Gasteiger partial charge in [-0.2, -0.15) is 0 Å². The Hall–Kier alpha value is -2.34. The molecule has 1 fully saturated rings. The molecule has 0 radical (unpaired) electrons. The third-order valence-electron chi connectivity index (χ3n) is 4.83. The molecule has 6 heteroatoms. The van der Waals surface area contributed by atoms with Crippen LogP contribution in [0.5, 0.6) is 0 Å². The molecule has 0 saturated carbocycles. The Morgan fingerprint density at radius 3 is 2.96 bits per heavy atom. The van der Waals surface area contributed by atoms with Crippen molar-refractivity contribution in [3.8, 4) is 0 Å². The molecule has 1 aliphatic rings. The van der Waals surface area contributed by atoms with Crippen LogP contribution in [0, 0.1) is 6.92 Å². The standard InChI is InChI=1S/C19H20N4OS/c1-13-8-9-14(25-2)12-15(13)19(24)22-11-5-6-16(22)18-21-20-17-7-3-4-10-23(17)18/h3-4,7-10,12,16H,5-6,11H2,1-2H3. The molecule has 25 heavy (non-hydrogen) atoms. The molecular weight excluding hydrogens is 332 g/mol. The van der Waals surface area contributed by atoms with E-state index < -0.39 is 0 Å². The van der Waals surface area contributed by atoms with Gasteiger partial charge in [0.2, 0.25) is 0 Å². The van der Waals surface area contributed by atoms with Gasteiger partial charge in [-0.05, 0) is 55.9 Å². The summed E-state index contributed by atoms with van der Waals surface area (Å²) < 4.78 is 1.99. The summed E-state index contributed by atoms with van der Waals surface area (Å²) in [6, 6.07) is 11.9. The lowest BCUT2D eigenvalue weighted by atomic mass is 10.1. The number of benzene rings is 1. The van der Waals surface area contributed by atoms with Gasteiger partial charge in [-0.25, -0.2) is 0 Å². The highest BCUT2D eigenvalue weighted by atomic mass is 32.2. The van der Waals surface area contributed by atoms with E-state index in [1.54, 1.807) is 11.8 Å². The highest BCUT2D eigenvalue weighted by Crippen LogP contribution is 2.33. The van der Waals surface area contributed by atoms with Gasteiger partial charge in [0.1, 0.15) is 0 Å². The fourth-order valence-corrected chi connectivity index (χ4v) is 3.92. The number of aryl methyl sites for hydroxylation is 1. The van der Waals surface area contributed by atoms with Gasteiger partial charge in [-0.3, -0.25) is 9.20 Å². The van der Waals surface area contributed by atoms with E-state index in [4.69, 9.17) is 0 Å². The molecule has 0 aliphatic carbocycles. The quantitative estimate of drug-likeness (QED) is 0.674. The first kappa shape index (κ1) is 16.1. The molecule has 0 spiro atoms. The predicted molar refractivity (Wildman–Crippen MR) is 99.0 cm³/mol. The maximum absolute atomic E-state index is 13.2. The van der Waals surface area contributed by atoms with Crippen molar-refractivity contribution >= 4 is 23.3 Å². The summed E-state index contributed by atoms with van der Waals surface area (Å²) in [4.78, 5) is 16.3. The Bertz CT molecular complexity index is 936. The van der Waals surface area contributed by atoms with Crippen molar-refractivity contribution in [3.63, 3.8) is 0 Å². The van der Waals surface area contributed by atoms with Crippen molar-refractivity contribution in [3.05, 3.63) is 59.5 Å². The van der Waals surface area contributed by atoms with E-state index in [0.29, 0.717) is 0 Å². The molecule has 1 aliphatic heterocycles. The van der Waals surface area contributed by atoms with Crippen molar-refractivity contribution in [1.29, 1.82) is 0 Å². The van der Waals surface area contributed by atoms with E-state index in [9.17, 15) is 4.79 Å². The number of thioether (sulfide) groups is 1. The van der Waals surface area contributed by atoms with Crippen LogP contribution in [0.1, 0.15) is 40.6 Å². The lowest BCUT2D eigenvalue weighted by molar-refractivity contribution is 0.0728. The zero-order valence-electron chi connectivity index (χ0n) is 14.3. The SMILES string of the molecule is CSc1ccc(C)c(C(=O)N2CCCC2c2nnc3ccccn23)c1. The normalized spacial score (nSPS) is 17.4. The van der Waals surface area contributed by atoms with Crippen LogP contribution in [0.3, 0.4) is 0 Å². The summed E-state index contributed by atoms with van der Waals surface area (Å²) in [5, 5.41) is 8.62. The second-order valence-electron chi connectivity index (χ2n) is 6.32. The van der Waals surface area contributed by atoms with Gasteiger partial charge in [0, 0.05) is 23.2 Å². The molecule has 5 nitrogen and oxygen atoms in total. The molecule has 1 saturated heterocycles. The number of hydrogen-bond donors (Lipinski definition) is 0. The van der Waals surface area contributed by atoms with Gasteiger partial charge in [0.15, 0.2) is 11.5 Å². The van der Waals surface area contributed by atoms with E-state index in [-0.39, 0.29) is 11.9 Å². The monoisotopic (exact) mass is 352 g/mol. The molecule has 128 valence electrons. The number of rotatable bonds is 3. The largest absolute Gasteiger partial charge is 0.328 e. The van der Waals surface area contributed by atoms with Gasteiger partial charge in [0.25, 0.3) is 5.91 Å². The number of hydrogen-bond acceptors (Lipinski definition) is 4. The fourth-order valence-electron chi connectivity index (χ4n) is 3.48. The first-order valence-electron chi connectivity index (χ1n) is 8.44. The van der Waals surface area contributed by atoms with E-state index in [1.165, 1.54) is 0 Å². The number of amides is 1. The Balaban J connectivity index is 1.71. The molecule has 1 aromatic carbocycles. The average Bonchev–Trinajstić information content (AvgIpc) is 3.28. The van der Waals surface area contributed by atoms with Gasteiger partial charge in [-0.1, -0.05) is 12.1 Å². The van der Waals surface area contributed by atoms with E-state index in [0.717, 1.165) is 46.9 Å². The number of carbonyl (C=O) groups excluding carboxylic acids is 1. The zero-order chi connectivity index (χ0) is 17.4. The average molecular weight is 352 g/mol. The van der Waals surface area contributed by atoms with Crippen molar-refractivity contribution < 1.29 is 4.79 Å². The van der Waals surface area contributed by atoms with Gasteiger partial charge < -0.3 is 4.90 Å². The van der Waals surface area contributed by atoms with E-state index >= 15 is 0 Å². The third-order valence-corrected chi connectivity index (χ3v) is 5.55. The van der Waals surface area contributed by atoms with Crippen LogP contribution in [0.4, 0.5) is 0 Å². The van der Waals surface area contributed by atoms with Crippen molar-refractivity contribution in [2.75, 3.05) is 12.8 Å². The smallest absolute Gasteiger partial charge is 0.254 e. The van der Waals surface area contributed by atoms with Crippen LogP contribution < -0.4 is 0 Å². The third kappa shape index (κ3) is 2.80. The number of pyridine rings is 1. The lowest BCUT2D eigenvalue weighted by Crippen LogP contribution is -2.32. The Labute approximate surface area is 151 Å². The van der Waals surface area contributed by atoms with Crippen LogP contribution in [-0.2, 0) is 0 Å². The Kier molecular flexibility index (Phi) is 4.21. The van der Waals surface area contributed by atoms with Crippen LogP contribution in [0.2, 0.25) is 0 Å². The second kappa shape index (κ2) is 6.52. The van der Waals surface area contributed by atoms with Crippen molar-refractivity contribution in [2.24, 2.45) is 0 Å². The number of fused-ring (bicyclic) bond motifs is 1. The first-order valence-corrected chi connectivity index (χ1v) is 9.67. The van der Waals surface area contributed by atoms with Crippen LogP contribution in [-0.4, -0.2) is 38.2 Å². The molecule has 4 rings (SSSR count). The predicted octanol–water partition coefficient (Wildman–Crippen LogP) is 3.74. The van der Waals surface area contributed by atoms with Gasteiger partial charge in [-0.15, -0.1) is 22.0 Å². The topological polar surface area (TPSA) is 50.5 Å². The summed E-state index contributed by atoms with van der Waals surface area (Å²) in [6.45, 7) is 2.75. The molecule has 3 heterocycles. The zero-order valence-corrected chi connectivity index (χ0v) is 15.2. The minimum Gasteiger partial charge on any atom is -0.328 e. The molecule has 1 atom stereocenters. The van der Waals surface area contributed by atoms with Gasteiger partial charge in [0.05, 0.1) is 6.04 Å². The Morgan fingerprint density at radius 2 is 2.12 bits per heavy atom. The minimum absolute atomic E-state index is 0.0257. The highest BCUT2D eigenvalue weighted by Gasteiger charge is 2.34. The van der Waals surface area contributed by atoms with Crippen molar-refractivity contribution in [2.45, 2.75) is 30.7 Å². The molecule has 0 bridgehead atoms. The Morgan fingerprint density at radius 1 is 1.24 bits per heavy atom. The summed E-state index contributed by atoms with van der Waals surface area (Å²) in [5.74, 6) is 0.934. The summed E-state index contributed by atoms with van der Waals surface area (Å²) in [7, 11) is 0. The minimum atomic E-state index is -0.0257.